The van der Waals surface area contributed by atoms with Gasteiger partial charge < -0.3 is 0 Å². The standard InChI is InChI=1S/C49H36N4S/c1-2-11-30(12-3-1)46-50-47(52-48(51-46)53-41-19-8-5-13-33(41)34-14-6-9-20-42(34)53)38-17-10-16-35-36-21-22-40-43(45(36)54-44(35)38)37-15-4-7-18-39(37)49(40)31-24-28-23-29(26-31)27-32(49)25-28/h1-22,28-29,31-32H,23-27H2. The predicted molar refractivity (Wildman–Crippen MR) is 221 cm³/mol. The van der Waals surface area contributed by atoms with Gasteiger partial charge in [-0.05, 0) is 90.7 Å². The predicted octanol–water partition coefficient (Wildman–Crippen LogP) is 12.4. The number of rotatable bonds is 3. The van der Waals surface area contributed by atoms with Crippen molar-refractivity contribution in [3.8, 4) is 39.9 Å². The normalized spacial score (nSPS) is 23.6. The Bertz CT molecular complexity index is 2940. The number of aromatic nitrogens is 4. The van der Waals surface area contributed by atoms with E-state index < -0.39 is 0 Å². The summed E-state index contributed by atoms with van der Waals surface area (Å²) in [5, 5.41) is 4.99. The molecule has 5 heteroatoms. The fraction of sp³-hybridized carbons (Fsp3) is 0.204. The van der Waals surface area contributed by atoms with E-state index in [4.69, 9.17) is 15.0 Å². The summed E-state index contributed by atoms with van der Waals surface area (Å²) < 4.78 is 4.86. The SMILES string of the molecule is c1ccc(-c2nc(-c3cccc4c3sc3c5c(ccc34)C3(c4ccccc4-5)C4CC5CC(C4)CC3C5)nc(-n3c4ccccc4c4ccccc43)n2)cc1. The molecule has 258 valence electrons. The minimum Gasteiger partial charge on any atom is -0.278 e. The molecule has 9 aromatic rings. The largest absolute Gasteiger partial charge is 0.278 e. The number of nitrogens with zero attached hydrogens (tertiary/aromatic N) is 4. The molecule has 54 heavy (non-hydrogen) atoms. The second-order valence-electron chi connectivity index (χ2n) is 16.4. The van der Waals surface area contributed by atoms with E-state index in [2.05, 4.69) is 132 Å². The Hall–Kier alpha value is -5.65. The molecule has 0 aliphatic heterocycles. The first-order valence-electron chi connectivity index (χ1n) is 19.6. The molecule has 0 saturated heterocycles. The molecule has 4 bridgehead atoms. The van der Waals surface area contributed by atoms with Gasteiger partial charge in [0, 0.05) is 53.1 Å². The topological polar surface area (TPSA) is 43.6 Å². The Morgan fingerprint density at radius 2 is 1.09 bits per heavy atom. The quantitative estimate of drug-likeness (QED) is 0.183. The second kappa shape index (κ2) is 10.7. The summed E-state index contributed by atoms with van der Waals surface area (Å²) >= 11 is 1.94. The average molecular weight is 713 g/mol. The maximum atomic E-state index is 5.37. The van der Waals surface area contributed by atoms with E-state index in [1.165, 1.54) is 74.2 Å². The van der Waals surface area contributed by atoms with Crippen LogP contribution in [0.3, 0.4) is 0 Å². The molecule has 14 rings (SSSR count). The zero-order valence-electron chi connectivity index (χ0n) is 29.7. The van der Waals surface area contributed by atoms with Crippen LogP contribution in [0.5, 0.6) is 0 Å². The lowest BCUT2D eigenvalue weighted by atomic mass is 9.43. The van der Waals surface area contributed by atoms with Gasteiger partial charge in [0.2, 0.25) is 5.95 Å². The summed E-state index contributed by atoms with van der Waals surface area (Å²) in [6, 6.07) is 48.7. The number of hydrogen-bond acceptors (Lipinski definition) is 4. The number of para-hydroxylation sites is 2. The van der Waals surface area contributed by atoms with Crippen molar-refractivity contribution >= 4 is 53.3 Å². The van der Waals surface area contributed by atoms with Gasteiger partial charge >= 0.3 is 0 Å². The molecule has 4 saturated carbocycles. The fourth-order valence-corrected chi connectivity index (χ4v) is 13.5. The van der Waals surface area contributed by atoms with Crippen LogP contribution in [0.4, 0.5) is 0 Å². The highest BCUT2D eigenvalue weighted by Crippen LogP contribution is 2.70. The molecule has 4 fully saturated rings. The molecule has 0 unspecified atom stereocenters. The molecule has 3 aromatic heterocycles. The Balaban J connectivity index is 1.07. The van der Waals surface area contributed by atoms with E-state index in [0.717, 1.165) is 45.8 Å². The van der Waals surface area contributed by atoms with Gasteiger partial charge in [0.15, 0.2) is 11.6 Å². The third-order valence-electron chi connectivity index (χ3n) is 13.9. The Kier molecular flexibility index (Phi) is 5.92. The van der Waals surface area contributed by atoms with Gasteiger partial charge in [0.25, 0.3) is 0 Å². The number of fused-ring (bicyclic) bond motifs is 10. The van der Waals surface area contributed by atoms with Crippen molar-refractivity contribution in [3.05, 3.63) is 145 Å². The summed E-state index contributed by atoms with van der Waals surface area (Å²) in [6.07, 6.45) is 7.05. The second-order valence-corrected chi connectivity index (χ2v) is 17.4. The van der Waals surface area contributed by atoms with Gasteiger partial charge in [0.05, 0.1) is 11.0 Å². The minimum atomic E-state index is 0.155. The molecule has 4 nitrogen and oxygen atoms in total. The third kappa shape index (κ3) is 3.80. The van der Waals surface area contributed by atoms with Crippen LogP contribution in [0, 0.1) is 23.7 Å². The van der Waals surface area contributed by atoms with Crippen molar-refractivity contribution in [1.29, 1.82) is 0 Å². The van der Waals surface area contributed by atoms with Crippen LogP contribution in [-0.2, 0) is 5.41 Å². The lowest BCUT2D eigenvalue weighted by Crippen LogP contribution is -2.55. The first-order valence-corrected chi connectivity index (χ1v) is 20.4. The highest BCUT2D eigenvalue weighted by molar-refractivity contribution is 7.27. The van der Waals surface area contributed by atoms with E-state index >= 15 is 0 Å². The van der Waals surface area contributed by atoms with Crippen molar-refractivity contribution in [2.75, 3.05) is 0 Å². The molecule has 1 spiro atoms. The van der Waals surface area contributed by atoms with Gasteiger partial charge in [0.1, 0.15) is 0 Å². The van der Waals surface area contributed by atoms with Crippen molar-refractivity contribution < 1.29 is 0 Å². The first kappa shape index (κ1) is 29.8. The summed E-state index contributed by atoms with van der Waals surface area (Å²) in [5.41, 5.74) is 10.5. The van der Waals surface area contributed by atoms with Gasteiger partial charge in [-0.3, -0.25) is 4.57 Å². The van der Waals surface area contributed by atoms with E-state index in [-0.39, 0.29) is 5.41 Å². The maximum absolute atomic E-state index is 5.37. The molecule has 5 aliphatic rings. The summed E-state index contributed by atoms with van der Waals surface area (Å²) in [6.45, 7) is 0. The molecule has 0 radical (unpaired) electrons. The molecular formula is C49H36N4S. The molecule has 3 heterocycles. The zero-order chi connectivity index (χ0) is 35.1. The van der Waals surface area contributed by atoms with Gasteiger partial charge in [-0.25, -0.2) is 4.98 Å². The Morgan fingerprint density at radius 3 is 1.85 bits per heavy atom. The van der Waals surface area contributed by atoms with Gasteiger partial charge in [-0.1, -0.05) is 115 Å². The van der Waals surface area contributed by atoms with Crippen LogP contribution in [0.25, 0.3) is 81.8 Å². The van der Waals surface area contributed by atoms with E-state index in [0.29, 0.717) is 17.6 Å². The van der Waals surface area contributed by atoms with E-state index in [9.17, 15) is 0 Å². The summed E-state index contributed by atoms with van der Waals surface area (Å²) in [7, 11) is 0. The maximum Gasteiger partial charge on any atom is 0.238 e. The highest BCUT2D eigenvalue weighted by atomic mass is 32.1. The molecule has 6 aromatic carbocycles. The van der Waals surface area contributed by atoms with E-state index in [1.54, 1.807) is 11.1 Å². The number of benzene rings is 6. The molecular weight excluding hydrogens is 677 g/mol. The third-order valence-corrected chi connectivity index (χ3v) is 15.1. The van der Waals surface area contributed by atoms with Gasteiger partial charge in [-0.2, -0.15) is 9.97 Å². The number of thiophene rings is 1. The van der Waals surface area contributed by atoms with Crippen molar-refractivity contribution in [2.24, 2.45) is 23.7 Å². The zero-order valence-corrected chi connectivity index (χ0v) is 30.6. The molecule has 5 aliphatic carbocycles. The Morgan fingerprint density at radius 1 is 0.481 bits per heavy atom. The minimum absolute atomic E-state index is 0.155. The van der Waals surface area contributed by atoms with E-state index in [1.807, 2.05) is 17.4 Å². The monoisotopic (exact) mass is 712 g/mol. The molecule has 0 N–H and O–H groups in total. The average Bonchev–Trinajstić information content (AvgIpc) is 3.86. The highest BCUT2D eigenvalue weighted by Gasteiger charge is 2.61. The first-order chi connectivity index (χ1) is 26.7. The lowest BCUT2D eigenvalue weighted by Gasteiger charge is -2.61. The van der Waals surface area contributed by atoms with Crippen molar-refractivity contribution in [2.45, 2.75) is 37.5 Å². The van der Waals surface area contributed by atoms with Crippen molar-refractivity contribution in [1.82, 2.24) is 19.5 Å². The summed E-state index contributed by atoms with van der Waals surface area (Å²) in [4.78, 5) is 15.8. The fourth-order valence-electron chi connectivity index (χ4n) is 12.1. The van der Waals surface area contributed by atoms with Crippen LogP contribution in [0.1, 0.15) is 43.2 Å². The van der Waals surface area contributed by atoms with Crippen LogP contribution in [0.2, 0.25) is 0 Å². The Labute approximate surface area is 317 Å². The lowest BCUT2D eigenvalue weighted by molar-refractivity contribution is -0.0399. The van der Waals surface area contributed by atoms with Crippen LogP contribution >= 0.6 is 11.3 Å². The summed E-state index contributed by atoms with van der Waals surface area (Å²) in [5.74, 6) is 5.37. The smallest absolute Gasteiger partial charge is 0.238 e. The molecule has 0 atom stereocenters. The number of hydrogen-bond donors (Lipinski definition) is 0. The van der Waals surface area contributed by atoms with Crippen LogP contribution in [-0.4, -0.2) is 19.5 Å². The van der Waals surface area contributed by atoms with Crippen LogP contribution < -0.4 is 0 Å². The van der Waals surface area contributed by atoms with Crippen molar-refractivity contribution in [3.63, 3.8) is 0 Å². The molecule has 0 amide bonds. The van der Waals surface area contributed by atoms with Crippen LogP contribution in [0.15, 0.2) is 133 Å². The van der Waals surface area contributed by atoms with Gasteiger partial charge in [-0.15, -0.1) is 11.3 Å².